The second-order valence-electron chi connectivity index (χ2n) is 5.29. The van der Waals surface area contributed by atoms with Crippen molar-refractivity contribution >= 4 is 0 Å². The van der Waals surface area contributed by atoms with Crippen molar-refractivity contribution in [1.82, 2.24) is 4.90 Å². The van der Waals surface area contributed by atoms with Gasteiger partial charge in [0.25, 0.3) is 0 Å². The van der Waals surface area contributed by atoms with E-state index in [0.29, 0.717) is 17.7 Å². The minimum absolute atomic E-state index is 0.361. The molecular weight excluding hydrogens is 212 g/mol. The van der Waals surface area contributed by atoms with Crippen molar-refractivity contribution in [2.75, 3.05) is 20.1 Å². The number of nitrogens with two attached hydrogens (primary N) is 1. The van der Waals surface area contributed by atoms with Crippen molar-refractivity contribution in [3.8, 4) is 5.75 Å². The highest BCUT2D eigenvalue weighted by Crippen LogP contribution is 2.38. The lowest BCUT2D eigenvalue weighted by Crippen LogP contribution is -2.21. The van der Waals surface area contributed by atoms with Crippen LogP contribution in [-0.2, 0) is 0 Å². The van der Waals surface area contributed by atoms with Crippen molar-refractivity contribution in [3.05, 3.63) is 28.8 Å². The maximum Gasteiger partial charge on any atom is 0.116 e. The molecule has 17 heavy (non-hydrogen) atoms. The minimum Gasteiger partial charge on any atom is -0.508 e. The zero-order valence-corrected chi connectivity index (χ0v) is 10.9. The Hall–Kier alpha value is -1.06. The molecule has 1 aliphatic heterocycles. The van der Waals surface area contributed by atoms with Crippen LogP contribution in [0.4, 0.5) is 0 Å². The van der Waals surface area contributed by atoms with Gasteiger partial charge in [-0.05, 0) is 68.6 Å². The zero-order chi connectivity index (χ0) is 12.6. The first-order valence-corrected chi connectivity index (χ1v) is 6.23. The van der Waals surface area contributed by atoms with Crippen LogP contribution in [0.1, 0.15) is 29.2 Å². The molecule has 1 fully saturated rings. The molecule has 3 nitrogen and oxygen atoms in total. The number of likely N-dealkylation sites (tertiary alicyclic amines) is 1. The van der Waals surface area contributed by atoms with Gasteiger partial charge in [0.05, 0.1) is 0 Å². The molecule has 2 rings (SSSR count). The summed E-state index contributed by atoms with van der Waals surface area (Å²) in [4.78, 5) is 2.38. The van der Waals surface area contributed by atoms with Gasteiger partial charge in [-0.2, -0.15) is 0 Å². The zero-order valence-electron chi connectivity index (χ0n) is 10.9. The van der Waals surface area contributed by atoms with E-state index in [1.807, 2.05) is 12.1 Å². The van der Waals surface area contributed by atoms with E-state index in [0.717, 1.165) is 19.5 Å². The van der Waals surface area contributed by atoms with E-state index < -0.39 is 0 Å². The van der Waals surface area contributed by atoms with Crippen LogP contribution >= 0.6 is 0 Å². The Balaban J connectivity index is 2.35. The van der Waals surface area contributed by atoms with E-state index >= 15 is 0 Å². The summed E-state index contributed by atoms with van der Waals surface area (Å²) in [6, 6.07) is 4.15. The van der Waals surface area contributed by atoms with E-state index in [4.69, 9.17) is 5.73 Å². The molecule has 1 aromatic carbocycles. The van der Waals surface area contributed by atoms with Gasteiger partial charge in [0.2, 0.25) is 0 Å². The van der Waals surface area contributed by atoms with Gasteiger partial charge in [-0.3, -0.25) is 4.90 Å². The second kappa shape index (κ2) is 4.67. The number of benzene rings is 1. The molecule has 0 radical (unpaired) electrons. The van der Waals surface area contributed by atoms with Crippen LogP contribution in [0.3, 0.4) is 0 Å². The number of phenolic OH excluding ortho intramolecular Hbond substituents is 1. The third-order valence-electron chi connectivity index (χ3n) is 3.88. The van der Waals surface area contributed by atoms with Gasteiger partial charge >= 0.3 is 0 Å². The Labute approximate surface area is 103 Å². The fourth-order valence-electron chi connectivity index (χ4n) is 3.09. The number of aromatic hydroxyl groups is 1. The maximum absolute atomic E-state index is 9.59. The Morgan fingerprint density at radius 3 is 2.41 bits per heavy atom. The number of aryl methyl sites for hydroxylation is 2. The van der Waals surface area contributed by atoms with Gasteiger partial charge in [-0.1, -0.05) is 0 Å². The summed E-state index contributed by atoms with van der Waals surface area (Å²) in [7, 11) is 2.16. The fraction of sp³-hybridized carbons (Fsp3) is 0.571. The molecule has 0 aliphatic carbocycles. The standard InChI is InChI=1S/C14H22N2O/c1-9-4-12(17)5-10(2)14(9)13-6-11(7-15)8-16(13)3/h4-5,11,13,17H,6-8,15H2,1-3H3. The average molecular weight is 234 g/mol. The molecular formula is C14H22N2O. The molecule has 0 saturated carbocycles. The molecule has 1 heterocycles. The molecule has 0 amide bonds. The summed E-state index contributed by atoms with van der Waals surface area (Å²) >= 11 is 0. The van der Waals surface area contributed by atoms with Gasteiger partial charge in [0.15, 0.2) is 0 Å². The van der Waals surface area contributed by atoms with Crippen molar-refractivity contribution in [1.29, 1.82) is 0 Å². The third-order valence-corrected chi connectivity index (χ3v) is 3.88. The van der Waals surface area contributed by atoms with Gasteiger partial charge in [0, 0.05) is 12.6 Å². The summed E-state index contributed by atoms with van der Waals surface area (Å²) in [6.07, 6.45) is 1.12. The smallest absolute Gasteiger partial charge is 0.116 e. The molecule has 1 aliphatic rings. The maximum atomic E-state index is 9.59. The van der Waals surface area contributed by atoms with Crippen molar-refractivity contribution in [2.45, 2.75) is 26.3 Å². The van der Waals surface area contributed by atoms with Crippen LogP contribution in [0.25, 0.3) is 0 Å². The monoisotopic (exact) mass is 234 g/mol. The van der Waals surface area contributed by atoms with Gasteiger partial charge in [-0.25, -0.2) is 0 Å². The lowest BCUT2D eigenvalue weighted by molar-refractivity contribution is 0.311. The Morgan fingerprint density at radius 1 is 1.35 bits per heavy atom. The van der Waals surface area contributed by atoms with Crippen LogP contribution in [0, 0.1) is 19.8 Å². The van der Waals surface area contributed by atoms with Crippen LogP contribution in [0.2, 0.25) is 0 Å². The van der Waals surface area contributed by atoms with Gasteiger partial charge in [0.1, 0.15) is 5.75 Å². The first-order chi connectivity index (χ1) is 8.02. The lowest BCUT2D eigenvalue weighted by Gasteiger charge is -2.23. The highest BCUT2D eigenvalue weighted by atomic mass is 16.3. The SMILES string of the molecule is Cc1cc(O)cc(C)c1C1CC(CN)CN1C. The normalized spacial score (nSPS) is 25.4. The van der Waals surface area contributed by atoms with E-state index in [9.17, 15) is 5.11 Å². The lowest BCUT2D eigenvalue weighted by atomic mass is 9.92. The number of hydrogen-bond acceptors (Lipinski definition) is 3. The van der Waals surface area contributed by atoms with Crippen molar-refractivity contribution < 1.29 is 5.11 Å². The highest BCUT2D eigenvalue weighted by molar-refractivity contribution is 5.42. The Morgan fingerprint density at radius 2 is 1.94 bits per heavy atom. The number of nitrogens with zero attached hydrogens (tertiary/aromatic N) is 1. The molecule has 3 N–H and O–H groups in total. The number of rotatable bonds is 2. The summed E-state index contributed by atoms with van der Waals surface area (Å²) < 4.78 is 0. The van der Waals surface area contributed by atoms with Crippen molar-refractivity contribution in [2.24, 2.45) is 11.7 Å². The Kier molecular flexibility index (Phi) is 3.40. The molecule has 0 bridgehead atoms. The molecule has 2 unspecified atom stereocenters. The molecule has 0 spiro atoms. The van der Waals surface area contributed by atoms with Gasteiger partial charge < -0.3 is 10.8 Å². The number of phenols is 1. The van der Waals surface area contributed by atoms with Gasteiger partial charge in [-0.15, -0.1) is 0 Å². The predicted octanol–water partition coefficient (Wildman–Crippen LogP) is 1.96. The van der Waals surface area contributed by atoms with Crippen molar-refractivity contribution in [3.63, 3.8) is 0 Å². The largest absolute Gasteiger partial charge is 0.508 e. The first kappa shape index (κ1) is 12.4. The molecule has 3 heteroatoms. The average Bonchev–Trinajstić information content (AvgIpc) is 2.59. The molecule has 2 atom stereocenters. The van der Waals surface area contributed by atoms with Crippen LogP contribution in [0.15, 0.2) is 12.1 Å². The minimum atomic E-state index is 0.361. The highest BCUT2D eigenvalue weighted by Gasteiger charge is 2.31. The molecule has 0 aromatic heterocycles. The predicted molar refractivity (Wildman–Crippen MR) is 70.1 cm³/mol. The van der Waals surface area contributed by atoms with E-state index in [2.05, 4.69) is 25.8 Å². The molecule has 1 saturated heterocycles. The number of hydrogen-bond donors (Lipinski definition) is 2. The molecule has 1 aromatic rings. The van der Waals surface area contributed by atoms with Crippen LogP contribution in [-0.4, -0.2) is 30.1 Å². The second-order valence-corrected chi connectivity index (χ2v) is 5.29. The fourth-order valence-corrected chi connectivity index (χ4v) is 3.09. The van der Waals surface area contributed by atoms with Crippen LogP contribution in [0.5, 0.6) is 5.75 Å². The van der Waals surface area contributed by atoms with E-state index in [1.54, 1.807) is 0 Å². The third kappa shape index (κ3) is 2.31. The van der Waals surface area contributed by atoms with E-state index in [1.165, 1.54) is 16.7 Å². The topological polar surface area (TPSA) is 49.5 Å². The quantitative estimate of drug-likeness (QED) is 0.822. The Bertz CT molecular complexity index is 394. The molecule has 94 valence electrons. The van der Waals surface area contributed by atoms with Crippen LogP contribution < -0.4 is 5.73 Å². The summed E-state index contributed by atoms with van der Waals surface area (Å²) in [5.74, 6) is 0.956. The summed E-state index contributed by atoms with van der Waals surface area (Å²) in [5, 5.41) is 9.59. The summed E-state index contributed by atoms with van der Waals surface area (Å²) in [6.45, 7) is 5.98. The van der Waals surface area contributed by atoms with E-state index in [-0.39, 0.29) is 0 Å². The summed E-state index contributed by atoms with van der Waals surface area (Å²) in [5.41, 5.74) is 9.49. The first-order valence-electron chi connectivity index (χ1n) is 6.23.